The van der Waals surface area contributed by atoms with E-state index in [0.717, 1.165) is 48.6 Å². The predicted molar refractivity (Wildman–Crippen MR) is 72.3 cm³/mol. The van der Waals surface area contributed by atoms with Crippen LogP contribution in [-0.2, 0) is 4.79 Å². The van der Waals surface area contributed by atoms with Crippen LogP contribution in [0.4, 0.5) is 0 Å². The summed E-state index contributed by atoms with van der Waals surface area (Å²) in [6, 6.07) is 5.63. The zero-order valence-electron chi connectivity index (χ0n) is 11.0. The topological polar surface area (TPSA) is 38.8 Å². The summed E-state index contributed by atoms with van der Waals surface area (Å²) >= 11 is 0. The molecule has 0 atom stereocenters. The number of methoxy groups -OCH3 is 1. The normalized spacial score (nSPS) is 17.5. The highest BCUT2D eigenvalue weighted by Crippen LogP contribution is 2.30. The van der Waals surface area contributed by atoms with Crippen LogP contribution in [0.2, 0.25) is 0 Å². The number of benzene rings is 1. The molecule has 3 rings (SSSR count). The number of fused-ring (bicyclic) bond motifs is 1. The number of hydrogen-bond acceptors (Lipinski definition) is 3. The second-order valence-electron chi connectivity index (χ2n) is 4.86. The van der Waals surface area contributed by atoms with Gasteiger partial charge in [-0.25, -0.2) is 0 Å². The number of carbonyl (C=O) groups is 1. The lowest BCUT2D eigenvalue weighted by Gasteiger charge is -2.22. The minimum absolute atomic E-state index is 0.103. The van der Waals surface area contributed by atoms with Gasteiger partial charge in [-0.3, -0.25) is 4.79 Å². The van der Waals surface area contributed by atoms with E-state index in [9.17, 15) is 4.79 Å². The quantitative estimate of drug-likeness (QED) is 0.816. The van der Waals surface area contributed by atoms with E-state index in [4.69, 9.17) is 9.47 Å². The summed E-state index contributed by atoms with van der Waals surface area (Å²) in [4.78, 5) is 14.2. The number of likely N-dealkylation sites (tertiary alicyclic amines) is 1. The van der Waals surface area contributed by atoms with Crippen LogP contribution in [0.15, 0.2) is 23.8 Å². The third-order valence-electron chi connectivity index (χ3n) is 3.60. The number of hydrogen-bond donors (Lipinski definition) is 0. The highest BCUT2D eigenvalue weighted by atomic mass is 16.5. The van der Waals surface area contributed by atoms with Crippen molar-refractivity contribution in [2.24, 2.45) is 0 Å². The highest BCUT2D eigenvalue weighted by molar-refractivity contribution is 5.99. The second-order valence-corrected chi connectivity index (χ2v) is 4.86. The van der Waals surface area contributed by atoms with Gasteiger partial charge in [-0.1, -0.05) is 0 Å². The summed E-state index contributed by atoms with van der Waals surface area (Å²) in [6.07, 6.45) is 4.12. The molecule has 19 heavy (non-hydrogen) atoms. The molecule has 2 heterocycles. The number of rotatable bonds is 2. The Hall–Kier alpha value is -1.97. The van der Waals surface area contributed by atoms with Gasteiger partial charge in [0.25, 0.3) is 5.91 Å². The van der Waals surface area contributed by atoms with Crippen LogP contribution in [0.1, 0.15) is 18.4 Å². The molecule has 1 saturated heterocycles. The van der Waals surface area contributed by atoms with Crippen LogP contribution < -0.4 is 9.47 Å². The molecule has 0 unspecified atom stereocenters. The van der Waals surface area contributed by atoms with Crippen molar-refractivity contribution < 1.29 is 14.3 Å². The standard InChI is InChI=1S/C15H17NO3/c1-18-13-4-5-14-11(9-13)8-12(10-19-14)15(17)16-6-2-3-7-16/h4-5,8-9H,2-3,6-7,10H2,1H3. The maximum atomic E-state index is 12.3. The lowest BCUT2D eigenvalue weighted by Crippen LogP contribution is -2.31. The Morgan fingerprint density at radius 1 is 1.32 bits per heavy atom. The smallest absolute Gasteiger partial charge is 0.253 e. The number of carbonyl (C=O) groups excluding carboxylic acids is 1. The fourth-order valence-electron chi connectivity index (χ4n) is 2.53. The van der Waals surface area contributed by atoms with Crippen LogP contribution >= 0.6 is 0 Å². The van der Waals surface area contributed by atoms with E-state index < -0.39 is 0 Å². The first kappa shape index (κ1) is 12.1. The minimum atomic E-state index is 0.103. The van der Waals surface area contributed by atoms with Gasteiger partial charge in [0.05, 0.1) is 12.7 Å². The van der Waals surface area contributed by atoms with Crippen molar-refractivity contribution in [2.75, 3.05) is 26.8 Å². The molecule has 0 spiro atoms. The number of ether oxygens (including phenoxy) is 2. The first-order valence-corrected chi connectivity index (χ1v) is 6.58. The largest absolute Gasteiger partial charge is 0.497 e. The molecule has 1 aromatic carbocycles. The number of nitrogens with zero attached hydrogens (tertiary/aromatic N) is 1. The zero-order chi connectivity index (χ0) is 13.2. The predicted octanol–water partition coefficient (Wildman–Crippen LogP) is 2.09. The van der Waals surface area contributed by atoms with E-state index in [1.165, 1.54) is 0 Å². The molecule has 2 aliphatic rings. The Morgan fingerprint density at radius 3 is 2.84 bits per heavy atom. The Morgan fingerprint density at radius 2 is 2.11 bits per heavy atom. The molecule has 1 aromatic rings. The lowest BCUT2D eigenvalue weighted by atomic mass is 10.1. The molecule has 1 amide bonds. The first-order valence-electron chi connectivity index (χ1n) is 6.58. The summed E-state index contributed by atoms with van der Waals surface area (Å²) in [5.74, 6) is 1.68. The van der Waals surface area contributed by atoms with E-state index in [0.29, 0.717) is 6.61 Å². The second kappa shape index (κ2) is 4.96. The van der Waals surface area contributed by atoms with Gasteiger partial charge in [0, 0.05) is 18.7 Å². The van der Waals surface area contributed by atoms with Crippen LogP contribution in [0.25, 0.3) is 6.08 Å². The van der Waals surface area contributed by atoms with Crippen molar-refractivity contribution in [1.29, 1.82) is 0 Å². The molecule has 4 nitrogen and oxygen atoms in total. The van der Waals surface area contributed by atoms with E-state index >= 15 is 0 Å². The molecule has 4 heteroatoms. The summed E-state index contributed by atoms with van der Waals surface area (Å²) in [6.45, 7) is 2.08. The summed E-state index contributed by atoms with van der Waals surface area (Å²) in [7, 11) is 1.63. The Balaban J connectivity index is 1.87. The SMILES string of the molecule is COc1ccc2c(c1)C=C(C(=O)N1CCCC1)CO2. The molecular formula is C15H17NO3. The van der Waals surface area contributed by atoms with Crippen molar-refractivity contribution in [2.45, 2.75) is 12.8 Å². The molecule has 0 bridgehead atoms. The molecule has 0 aromatic heterocycles. The van der Waals surface area contributed by atoms with Crippen molar-refractivity contribution in [1.82, 2.24) is 4.90 Å². The molecule has 0 saturated carbocycles. The average molecular weight is 259 g/mol. The van der Waals surface area contributed by atoms with Gasteiger partial charge >= 0.3 is 0 Å². The summed E-state index contributed by atoms with van der Waals surface area (Å²) < 4.78 is 10.8. The molecule has 0 radical (unpaired) electrons. The van der Waals surface area contributed by atoms with E-state index in [2.05, 4.69) is 0 Å². The Kier molecular flexibility index (Phi) is 3.15. The first-order chi connectivity index (χ1) is 9.28. The van der Waals surface area contributed by atoms with Gasteiger partial charge in [0.2, 0.25) is 0 Å². The maximum absolute atomic E-state index is 12.3. The van der Waals surface area contributed by atoms with E-state index in [1.54, 1.807) is 7.11 Å². The number of amides is 1. The van der Waals surface area contributed by atoms with Crippen molar-refractivity contribution in [3.05, 3.63) is 29.3 Å². The Labute approximate surface area is 112 Å². The molecule has 100 valence electrons. The van der Waals surface area contributed by atoms with Crippen LogP contribution in [-0.4, -0.2) is 37.6 Å². The van der Waals surface area contributed by atoms with Gasteiger partial charge in [-0.05, 0) is 37.1 Å². The molecule has 0 aliphatic carbocycles. The van der Waals surface area contributed by atoms with Crippen LogP contribution in [0, 0.1) is 0 Å². The van der Waals surface area contributed by atoms with Gasteiger partial charge in [0.1, 0.15) is 18.1 Å². The maximum Gasteiger partial charge on any atom is 0.253 e. The van der Waals surface area contributed by atoms with Crippen LogP contribution in [0.5, 0.6) is 11.5 Å². The molecule has 2 aliphatic heterocycles. The third-order valence-corrected chi connectivity index (χ3v) is 3.60. The monoisotopic (exact) mass is 259 g/mol. The molecule has 0 N–H and O–H groups in total. The molecular weight excluding hydrogens is 242 g/mol. The average Bonchev–Trinajstić information content (AvgIpc) is 2.99. The fourth-order valence-corrected chi connectivity index (χ4v) is 2.53. The zero-order valence-corrected chi connectivity index (χ0v) is 11.0. The third kappa shape index (κ3) is 2.30. The van der Waals surface area contributed by atoms with Gasteiger partial charge in [-0.2, -0.15) is 0 Å². The molecule has 1 fully saturated rings. The van der Waals surface area contributed by atoms with E-state index in [1.807, 2.05) is 29.2 Å². The minimum Gasteiger partial charge on any atom is -0.497 e. The Bertz CT molecular complexity index is 530. The highest BCUT2D eigenvalue weighted by Gasteiger charge is 2.24. The van der Waals surface area contributed by atoms with Gasteiger partial charge < -0.3 is 14.4 Å². The van der Waals surface area contributed by atoms with Gasteiger partial charge in [-0.15, -0.1) is 0 Å². The van der Waals surface area contributed by atoms with Gasteiger partial charge in [0.15, 0.2) is 0 Å². The van der Waals surface area contributed by atoms with E-state index in [-0.39, 0.29) is 5.91 Å². The van der Waals surface area contributed by atoms with Crippen molar-refractivity contribution in [3.63, 3.8) is 0 Å². The van der Waals surface area contributed by atoms with Crippen LogP contribution in [0.3, 0.4) is 0 Å². The fraction of sp³-hybridized carbons (Fsp3) is 0.400. The summed E-state index contributed by atoms with van der Waals surface area (Å²) in [5, 5.41) is 0. The van der Waals surface area contributed by atoms with Crippen molar-refractivity contribution >= 4 is 12.0 Å². The summed E-state index contributed by atoms with van der Waals surface area (Å²) in [5.41, 5.74) is 1.64. The lowest BCUT2D eigenvalue weighted by molar-refractivity contribution is -0.126. The van der Waals surface area contributed by atoms with Crippen molar-refractivity contribution in [3.8, 4) is 11.5 Å².